The zero-order chi connectivity index (χ0) is 14.8. The lowest BCUT2D eigenvalue weighted by Gasteiger charge is -2.40. The van der Waals surface area contributed by atoms with Crippen molar-refractivity contribution in [2.75, 3.05) is 0 Å². The van der Waals surface area contributed by atoms with Crippen LogP contribution in [0.5, 0.6) is 0 Å². The molecule has 1 aromatic carbocycles. The molecule has 21 heavy (non-hydrogen) atoms. The highest BCUT2D eigenvalue weighted by molar-refractivity contribution is 5.70. The van der Waals surface area contributed by atoms with Crippen molar-refractivity contribution in [3.8, 4) is 0 Å². The smallest absolute Gasteiger partial charge is 0.306 e. The lowest BCUT2D eigenvalue weighted by molar-refractivity contribution is -0.142. The van der Waals surface area contributed by atoms with Crippen LogP contribution in [0.3, 0.4) is 0 Å². The van der Waals surface area contributed by atoms with Gasteiger partial charge in [-0.05, 0) is 56.9 Å². The van der Waals surface area contributed by atoms with Gasteiger partial charge in [0.25, 0.3) is 0 Å². The number of hydrogen-bond donors (Lipinski definition) is 2. The van der Waals surface area contributed by atoms with Gasteiger partial charge in [-0.2, -0.15) is 0 Å². The van der Waals surface area contributed by atoms with Gasteiger partial charge in [0.1, 0.15) is 0 Å². The number of hydrogen-bond acceptors (Lipinski definition) is 2. The fourth-order valence-electron chi connectivity index (χ4n) is 3.71. The van der Waals surface area contributed by atoms with Gasteiger partial charge in [-0.25, -0.2) is 0 Å². The molecule has 114 valence electrons. The molecule has 0 amide bonds. The van der Waals surface area contributed by atoms with Gasteiger partial charge in [-0.15, -0.1) is 0 Å². The Hall–Kier alpha value is -1.35. The second kappa shape index (κ2) is 6.18. The summed E-state index contributed by atoms with van der Waals surface area (Å²) in [4.78, 5) is 11.0. The van der Waals surface area contributed by atoms with Crippen molar-refractivity contribution < 1.29 is 9.90 Å². The zero-order valence-electron chi connectivity index (χ0n) is 12.7. The fourth-order valence-corrected chi connectivity index (χ4v) is 3.71. The highest BCUT2D eigenvalue weighted by atomic mass is 16.4. The molecular weight excluding hydrogens is 262 g/mol. The van der Waals surface area contributed by atoms with Gasteiger partial charge in [0.15, 0.2) is 0 Å². The summed E-state index contributed by atoms with van der Waals surface area (Å²) in [5, 5.41) is 12.8. The molecule has 0 saturated heterocycles. The Balaban J connectivity index is 1.41. The second-order valence-corrected chi connectivity index (χ2v) is 6.83. The molecular formula is C18H25NO2. The average Bonchev–Trinajstić information content (AvgIpc) is 2.44. The summed E-state index contributed by atoms with van der Waals surface area (Å²) in [6.45, 7) is 2.13. The van der Waals surface area contributed by atoms with Crippen molar-refractivity contribution in [2.45, 2.75) is 63.5 Å². The third-order valence-electron chi connectivity index (χ3n) is 5.23. The number of carboxylic acids is 1. The first kappa shape index (κ1) is 14.6. The molecule has 0 bridgehead atoms. The van der Waals surface area contributed by atoms with E-state index in [1.807, 2.05) is 0 Å². The molecule has 2 fully saturated rings. The van der Waals surface area contributed by atoms with Crippen LogP contribution >= 0.6 is 0 Å². The molecule has 0 unspecified atom stereocenters. The van der Waals surface area contributed by atoms with Crippen LogP contribution in [0.4, 0.5) is 0 Å². The Bertz CT molecular complexity index is 482. The highest BCUT2D eigenvalue weighted by Crippen LogP contribution is 2.38. The van der Waals surface area contributed by atoms with E-state index in [1.54, 1.807) is 0 Å². The van der Waals surface area contributed by atoms with Gasteiger partial charge in [-0.3, -0.25) is 4.79 Å². The first-order valence-electron chi connectivity index (χ1n) is 8.17. The van der Waals surface area contributed by atoms with Crippen molar-refractivity contribution >= 4 is 5.97 Å². The molecule has 0 aliphatic heterocycles. The standard InChI is InChI=1S/C18H25NO2/c1-12-2-4-13(5-3-12)15-10-17(11-15)19-16-8-6-14(7-9-16)18(20)21/h2-5,14-17,19H,6-11H2,1H3,(H,20,21). The maximum absolute atomic E-state index is 11.0. The molecule has 0 spiro atoms. The van der Waals surface area contributed by atoms with Crippen molar-refractivity contribution in [3.05, 3.63) is 35.4 Å². The van der Waals surface area contributed by atoms with Crippen molar-refractivity contribution in [1.29, 1.82) is 0 Å². The third kappa shape index (κ3) is 3.46. The quantitative estimate of drug-likeness (QED) is 0.891. The van der Waals surface area contributed by atoms with E-state index < -0.39 is 5.97 Å². The van der Waals surface area contributed by atoms with Gasteiger partial charge < -0.3 is 10.4 Å². The number of carbonyl (C=O) groups is 1. The molecule has 2 aliphatic rings. The Morgan fingerprint density at radius 1 is 1.05 bits per heavy atom. The van der Waals surface area contributed by atoms with E-state index in [2.05, 4.69) is 36.5 Å². The normalized spacial score (nSPS) is 32.4. The minimum Gasteiger partial charge on any atom is -0.481 e. The fraction of sp³-hybridized carbons (Fsp3) is 0.611. The third-order valence-corrected chi connectivity index (χ3v) is 5.23. The SMILES string of the molecule is Cc1ccc(C2CC(NC3CCC(C(=O)O)CC3)C2)cc1. The number of aliphatic carboxylic acids is 1. The lowest BCUT2D eigenvalue weighted by atomic mass is 9.75. The molecule has 0 atom stereocenters. The topological polar surface area (TPSA) is 49.3 Å². The Labute approximate surface area is 126 Å². The Morgan fingerprint density at radius 2 is 1.67 bits per heavy atom. The van der Waals surface area contributed by atoms with Crippen molar-refractivity contribution in [3.63, 3.8) is 0 Å². The van der Waals surface area contributed by atoms with Crippen LogP contribution < -0.4 is 5.32 Å². The summed E-state index contributed by atoms with van der Waals surface area (Å²) in [6.07, 6.45) is 6.15. The van der Waals surface area contributed by atoms with Gasteiger partial charge in [0.05, 0.1) is 5.92 Å². The first-order chi connectivity index (χ1) is 10.1. The van der Waals surface area contributed by atoms with Crippen LogP contribution in [0.2, 0.25) is 0 Å². The molecule has 1 aromatic rings. The highest BCUT2D eigenvalue weighted by Gasteiger charge is 2.33. The average molecular weight is 287 g/mol. The minimum atomic E-state index is -0.614. The summed E-state index contributed by atoms with van der Waals surface area (Å²) in [6, 6.07) is 10.1. The molecule has 0 aromatic heterocycles. The van der Waals surface area contributed by atoms with Crippen LogP contribution in [0.15, 0.2) is 24.3 Å². The van der Waals surface area contributed by atoms with Gasteiger partial charge >= 0.3 is 5.97 Å². The predicted molar refractivity (Wildman–Crippen MR) is 83.5 cm³/mol. The van der Waals surface area contributed by atoms with E-state index in [-0.39, 0.29) is 5.92 Å². The van der Waals surface area contributed by atoms with Gasteiger partial charge in [-0.1, -0.05) is 29.8 Å². The van der Waals surface area contributed by atoms with Gasteiger partial charge in [0, 0.05) is 12.1 Å². The zero-order valence-corrected chi connectivity index (χ0v) is 12.7. The van der Waals surface area contributed by atoms with E-state index in [0.717, 1.165) is 25.7 Å². The van der Waals surface area contributed by atoms with E-state index in [4.69, 9.17) is 5.11 Å². The number of nitrogens with one attached hydrogen (secondary N) is 1. The van der Waals surface area contributed by atoms with Crippen LogP contribution in [0, 0.1) is 12.8 Å². The first-order valence-corrected chi connectivity index (χ1v) is 8.17. The molecule has 2 saturated carbocycles. The van der Waals surface area contributed by atoms with E-state index in [9.17, 15) is 4.79 Å². The van der Waals surface area contributed by atoms with Crippen molar-refractivity contribution in [1.82, 2.24) is 5.32 Å². The maximum Gasteiger partial charge on any atom is 0.306 e. The summed E-state index contributed by atoms with van der Waals surface area (Å²) < 4.78 is 0. The van der Waals surface area contributed by atoms with Crippen LogP contribution in [0.25, 0.3) is 0 Å². The molecule has 3 rings (SSSR count). The molecule has 0 radical (unpaired) electrons. The molecule has 2 aliphatic carbocycles. The van der Waals surface area contributed by atoms with Crippen LogP contribution in [0.1, 0.15) is 55.6 Å². The molecule has 0 heterocycles. The number of benzene rings is 1. The Kier molecular flexibility index (Phi) is 4.29. The monoisotopic (exact) mass is 287 g/mol. The minimum absolute atomic E-state index is 0.107. The summed E-state index contributed by atoms with van der Waals surface area (Å²) >= 11 is 0. The van der Waals surface area contributed by atoms with E-state index in [0.29, 0.717) is 18.0 Å². The lowest BCUT2D eigenvalue weighted by Crippen LogP contribution is -2.47. The summed E-state index contributed by atoms with van der Waals surface area (Å²) in [5.41, 5.74) is 2.79. The summed E-state index contributed by atoms with van der Waals surface area (Å²) in [7, 11) is 0. The van der Waals surface area contributed by atoms with E-state index >= 15 is 0 Å². The number of carboxylic acid groups (broad SMARTS) is 1. The number of rotatable bonds is 4. The number of aryl methyl sites for hydroxylation is 1. The second-order valence-electron chi connectivity index (χ2n) is 6.83. The van der Waals surface area contributed by atoms with Crippen molar-refractivity contribution in [2.24, 2.45) is 5.92 Å². The maximum atomic E-state index is 11.0. The predicted octanol–water partition coefficient (Wildman–Crippen LogP) is 3.47. The van der Waals surface area contributed by atoms with E-state index in [1.165, 1.54) is 24.0 Å². The van der Waals surface area contributed by atoms with Crippen LogP contribution in [-0.4, -0.2) is 23.2 Å². The molecule has 3 heteroatoms. The molecule has 3 nitrogen and oxygen atoms in total. The van der Waals surface area contributed by atoms with Crippen LogP contribution in [-0.2, 0) is 4.79 Å². The summed E-state index contributed by atoms with van der Waals surface area (Å²) in [5.74, 6) is -0.0141. The van der Waals surface area contributed by atoms with Gasteiger partial charge in [0.2, 0.25) is 0 Å². The Morgan fingerprint density at radius 3 is 2.24 bits per heavy atom. The molecule has 2 N–H and O–H groups in total. The largest absolute Gasteiger partial charge is 0.481 e.